The molecule has 7 fully saturated rings. The van der Waals surface area contributed by atoms with E-state index in [-0.39, 0.29) is 44.1 Å². The van der Waals surface area contributed by atoms with Crippen LogP contribution in [0.1, 0.15) is 255 Å². The lowest BCUT2D eigenvalue weighted by atomic mass is 9.57. The van der Waals surface area contributed by atoms with Crippen molar-refractivity contribution in [1.82, 2.24) is 0 Å². The number of rotatable bonds is 4. The van der Waals surface area contributed by atoms with Crippen molar-refractivity contribution in [3.05, 3.63) is 226 Å². The van der Waals surface area contributed by atoms with Crippen LogP contribution in [0.2, 0.25) is 0 Å². The molecule has 4 aliphatic heterocycles. The number of hydrogen-bond acceptors (Lipinski definition) is 4. The summed E-state index contributed by atoms with van der Waals surface area (Å²) in [5.74, 6) is 4.76. The van der Waals surface area contributed by atoms with Crippen LogP contribution in [-0.4, -0.2) is 22.4 Å². The van der Waals surface area contributed by atoms with E-state index < -0.39 is 0 Å². The zero-order chi connectivity index (χ0) is 73.0. The highest BCUT2D eigenvalue weighted by Crippen LogP contribution is 2.69. The SMILES string of the molecule is Cc1ccc2c(c1-c1cccc[n+]1C)OC1(CC1)C21CCCCC1.Cc1ccc2c(c1-c1cccc[n+]1C)OC1(CCCC1)C21CCCCC1.Cc1ccc2c(c1-c1cccc[n+]1C)OC1(CCCCC1)C21CCCCC1.Cc1ccc2c(c1-c1cccc[n+]1C)OC1(Cc3ccccc3C1)C21CCCCC1. The normalized spacial score (nSPS) is 21.9. The molecule has 554 valence electrons. The summed E-state index contributed by atoms with van der Waals surface area (Å²) >= 11 is 0. The monoisotopic (exact) mass is 1430 g/mol. The van der Waals surface area contributed by atoms with E-state index in [1.807, 2.05) is 0 Å². The number of pyridine rings is 4. The quantitative estimate of drug-likeness (QED) is 0.165. The summed E-state index contributed by atoms with van der Waals surface area (Å²) in [5, 5.41) is 0. The minimum absolute atomic E-state index is 0.0455. The molecule has 0 unspecified atom stereocenters. The van der Waals surface area contributed by atoms with Gasteiger partial charge in [0.15, 0.2) is 24.8 Å². The predicted octanol–water partition coefficient (Wildman–Crippen LogP) is 21.4. The van der Waals surface area contributed by atoms with E-state index in [1.54, 1.807) is 0 Å². The lowest BCUT2D eigenvalue weighted by molar-refractivity contribution is -0.660. The van der Waals surface area contributed by atoms with E-state index in [0.29, 0.717) is 0 Å². The van der Waals surface area contributed by atoms with Gasteiger partial charge in [-0.05, 0) is 201 Å². The first kappa shape index (κ1) is 70.6. The minimum atomic E-state index is -0.130. The van der Waals surface area contributed by atoms with Gasteiger partial charge < -0.3 is 18.9 Å². The number of aryl methyl sites for hydroxylation is 8. The Labute approximate surface area is 639 Å². The maximum atomic E-state index is 7.24. The van der Waals surface area contributed by atoms with Gasteiger partial charge in [0.05, 0.1) is 22.3 Å². The summed E-state index contributed by atoms with van der Waals surface area (Å²) in [6.07, 6.45) is 51.3. The van der Waals surface area contributed by atoms with Gasteiger partial charge in [0.25, 0.3) is 0 Å². The van der Waals surface area contributed by atoms with Crippen molar-refractivity contribution < 1.29 is 37.2 Å². The molecule has 0 atom stereocenters. The second-order valence-corrected chi connectivity index (χ2v) is 35.7. The topological polar surface area (TPSA) is 52.4 Å². The molecule has 12 aliphatic rings. The molecule has 8 spiro atoms. The zero-order valence-corrected chi connectivity index (χ0v) is 65.9. The summed E-state index contributed by atoms with van der Waals surface area (Å²) in [4.78, 5) is 0. The first-order valence-corrected chi connectivity index (χ1v) is 42.3. The largest absolute Gasteiger partial charge is 0.485 e. The zero-order valence-electron chi connectivity index (χ0n) is 65.9. The van der Waals surface area contributed by atoms with E-state index in [2.05, 4.69) is 245 Å². The molecule has 0 bridgehead atoms. The van der Waals surface area contributed by atoms with Gasteiger partial charge in [0.1, 0.15) is 73.6 Å². The first-order valence-electron chi connectivity index (χ1n) is 42.3. The third-order valence-corrected chi connectivity index (χ3v) is 30.1. The molecule has 8 heterocycles. The Balaban J connectivity index is 0.000000101. The fourth-order valence-corrected chi connectivity index (χ4v) is 24.7. The van der Waals surface area contributed by atoms with E-state index >= 15 is 0 Å². The second kappa shape index (κ2) is 27.5. The van der Waals surface area contributed by atoms with Gasteiger partial charge in [0.2, 0.25) is 22.8 Å². The number of ether oxygens (including phenoxy) is 4. The standard InChI is InChI=1S/C28H30NO.C25H32NO.C24H30NO.C22H26NO/c1-20-13-14-23-26(25(20)24-12-6-9-17-29(24)2)30-28(27(23)15-7-3-8-16-27)18-21-10-4-5-11-22(21)19-28;1-19-12-13-20-23(22(19)21-11-5-10-18-26(21)2)27-25(16-8-4-9-17-25)24(20)14-6-3-7-15-24;1-18-11-12-19-22(21(18)20-10-4-9-17-25(20)2)26-24(15-7-8-16-24)23(19)13-5-3-6-14-23;1-16-9-10-17-20(19(16)18-8-4-7-15-23(18)2)24-22(13-14-22)21(17)11-5-3-6-12-21/h4-6,9-14,17H,3,7-8,15-16,18-19H2,1-2H3;5,10-13,18H,3-4,6-9,14-17H2,1-2H3;4,9-12,17H,3,5-8,13-16H2,1-2H3;4,7-10,15H,3,5-6,11-14H2,1-2H3/q4*+1. The van der Waals surface area contributed by atoms with Crippen molar-refractivity contribution in [2.24, 2.45) is 28.2 Å². The minimum Gasteiger partial charge on any atom is -0.485 e. The third-order valence-electron chi connectivity index (χ3n) is 30.1. The van der Waals surface area contributed by atoms with Crippen LogP contribution in [0.15, 0.2) is 170 Å². The third kappa shape index (κ3) is 11.1. The highest BCUT2D eigenvalue weighted by atomic mass is 16.5. The fourth-order valence-electron chi connectivity index (χ4n) is 24.7. The molecule has 5 aromatic carbocycles. The molecule has 107 heavy (non-hydrogen) atoms. The van der Waals surface area contributed by atoms with Gasteiger partial charge in [-0.2, -0.15) is 0 Å². The highest BCUT2D eigenvalue weighted by molar-refractivity contribution is 5.78. The maximum Gasteiger partial charge on any atom is 0.216 e. The number of aromatic nitrogens is 4. The average Bonchev–Trinajstić information content (AvgIpc) is 1.56. The van der Waals surface area contributed by atoms with Gasteiger partial charge in [-0.3, -0.25) is 0 Å². The van der Waals surface area contributed by atoms with Crippen LogP contribution >= 0.6 is 0 Å². The number of hydrogen-bond donors (Lipinski definition) is 0. The van der Waals surface area contributed by atoms with Crippen molar-refractivity contribution in [3.63, 3.8) is 0 Å². The Morgan fingerprint density at radius 1 is 0.234 bits per heavy atom. The molecule has 4 aromatic heterocycles. The van der Waals surface area contributed by atoms with Gasteiger partial charge >= 0.3 is 0 Å². The molecule has 0 saturated heterocycles. The summed E-state index contributed by atoms with van der Waals surface area (Å²) < 4.78 is 37.2. The first-order chi connectivity index (χ1) is 52.1. The van der Waals surface area contributed by atoms with E-state index in [9.17, 15) is 0 Å². The Kier molecular flexibility index (Phi) is 18.1. The number of fused-ring (bicyclic) bond motifs is 13. The molecule has 8 heteroatoms. The maximum absolute atomic E-state index is 7.24. The Bertz CT molecular complexity index is 4840. The molecular weight excluding hydrogens is 1310 g/mol. The Morgan fingerprint density at radius 2 is 0.458 bits per heavy atom. The molecule has 0 N–H and O–H groups in total. The van der Waals surface area contributed by atoms with Crippen molar-refractivity contribution in [2.45, 2.75) is 284 Å². The van der Waals surface area contributed by atoms with Crippen LogP contribution in [0.5, 0.6) is 23.0 Å². The molecule has 21 rings (SSSR count). The summed E-state index contributed by atoms with van der Waals surface area (Å²) in [5.41, 5.74) is 25.5. The van der Waals surface area contributed by atoms with Gasteiger partial charge in [-0.25, -0.2) is 18.3 Å². The number of benzene rings is 5. The van der Waals surface area contributed by atoms with Crippen molar-refractivity contribution >= 4 is 0 Å². The predicted molar refractivity (Wildman–Crippen MR) is 428 cm³/mol. The van der Waals surface area contributed by atoms with E-state index in [4.69, 9.17) is 18.9 Å². The Morgan fingerprint density at radius 3 is 0.720 bits per heavy atom. The van der Waals surface area contributed by atoms with E-state index in [1.165, 1.54) is 317 Å². The lowest BCUT2D eigenvalue weighted by Crippen LogP contribution is -2.53. The van der Waals surface area contributed by atoms with Crippen LogP contribution in [0.25, 0.3) is 45.0 Å². The van der Waals surface area contributed by atoms with Gasteiger partial charge in [0, 0.05) is 105 Å². The molecule has 0 radical (unpaired) electrons. The average molecular weight is 1430 g/mol. The fraction of sp³-hybridized carbons (Fsp3) is 0.495. The van der Waals surface area contributed by atoms with Crippen LogP contribution in [0.3, 0.4) is 0 Å². The van der Waals surface area contributed by atoms with Gasteiger partial charge in [-0.15, -0.1) is 0 Å². The van der Waals surface area contributed by atoms with Crippen molar-refractivity contribution in [1.29, 1.82) is 0 Å². The molecule has 8 nitrogen and oxygen atoms in total. The van der Waals surface area contributed by atoms with Crippen molar-refractivity contribution in [3.8, 4) is 68.0 Å². The van der Waals surface area contributed by atoms with Crippen LogP contribution in [0.4, 0.5) is 0 Å². The summed E-state index contributed by atoms with van der Waals surface area (Å²) in [7, 11) is 8.56. The summed E-state index contributed by atoms with van der Waals surface area (Å²) in [6.45, 7) is 8.93. The molecule has 0 amide bonds. The van der Waals surface area contributed by atoms with Crippen LogP contribution in [-0.2, 0) is 62.7 Å². The van der Waals surface area contributed by atoms with Crippen LogP contribution < -0.4 is 37.2 Å². The van der Waals surface area contributed by atoms with E-state index in [0.717, 1.165) is 18.6 Å². The van der Waals surface area contributed by atoms with Gasteiger partial charge in [-0.1, -0.05) is 156 Å². The summed E-state index contributed by atoms with van der Waals surface area (Å²) in [6, 6.07) is 53.9. The van der Waals surface area contributed by atoms with Crippen molar-refractivity contribution in [2.75, 3.05) is 0 Å². The smallest absolute Gasteiger partial charge is 0.216 e. The number of nitrogens with zero attached hydrogens (tertiary/aromatic N) is 4. The van der Waals surface area contributed by atoms with Crippen LogP contribution in [0, 0.1) is 27.7 Å². The molecule has 9 aromatic rings. The molecule has 8 aliphatic carbocycles. The molecular formula is C99H118N4O4+4. The second-order valence-electron chi connectivity index (χ2n) is 35.7. The Hall–Kier alpha value is -8.10. The lowest BCUT2D eigenvalue weighted by Gasteiger charge is -2.49. The highest BCUT2D eigenvalue weighted by Gasteiger charge is 2.68. The molecule has 7 saturated carbocycles.